The topological polar surface area (TPSA) is 0 Å². The van der Waals surface area contributed by atoms with Gasteiger partial charge in [0.15, 0.2) is 0 Å². The van der Waals surface area contributed by atoms with E-state index in [1.54, 1.807) is 0 Å². The second-order valence-electron chi connectivity index (χ2n) is 7.93. The average Bonchev–Trinajstić information content (AvgIpc) is 3.03. The molecule has 0 heteroatoms. The summed E-state index contributed by atoms with van der Waals surface area (Å²) < 4.78 is 0. The number of benzene rings is 6. The standard InChI is InChI=1S/2C7H8.4C6H6/c2*1-7-5-3-2-4-6-7;4*1-2-4-6-5-3-1/h2*2-6H,1H3;4*1-6H. The molecule has 0 radical (unpaired) electrons. The Morgan fingerprint density at radius 1 is 0.184 bits per heavy atom. The molecule has 0 spiro atoms. The van der Waals surface area contributed by atoms with Crippen LogP contribution in [0.5, 0.6) is 0 Å². The van der Waals surface area contributed by atoms with Crippen molar-refractivity contribution in [1.29, 1.82) is 0 Å². The van der Waals surface area contributed by atoms with Crippen LogP contribution in [0.1, 0.15) is 11.1 Å². The minimum Gasteiger partial charge on any atom is -0.0623 e. The van der Waals surface area contributed by atoms with Gasteiger partial charge in [-0.2, -0.15) is 0 Å². The van der Waals surface area contributed by atoms with E-state index >= 15 is 0 Å². The molecule has 6 aromatic carbocycles. The summed E-state index contributed by atoms with van der Waals surface area (Å²) in [4.78, 5) is 0. The summed E-state index contributed by atoms with van der Waals surface area (Å²) in [6, 6.07) is 68.5. The molecule has 0 saturated carbocycles. The highest BCUT2D eigenvalue weighted by Crippen LogP contribution is 1.93. The van der Waals surface area contributed by atoms with Crippen molar-refractivity contribution in [3.63, 3.8) is 0 Å². The molecular weight excluding hydrogens is 456 g/mol. The minimum absolute atomic E-state index is 1.32. The molecule has 0 aliphatic heterocycles. The maximum atomic E-state index is 2.08. The Hall–Kier alpha value is -4.68. The van der Waals surface area contributed by atoms with Gasteiger partial charge in [0.05, 0.1) is 0 Å². The van der Waals surface area contributed by atoms with Crippen LogP contribution in [0.15, 0.2) is 206 Å². The van der Waals surface area contributed by atoms with Gasteiger partial charge in [0, 0.05) is 0 Å². The summed E-state index contributed by atoms with van der Waals surface area (Å²) in [7, 11) is 0. The summed E-state index contributed by atoms with van der Waals surface area (Å²) in [5, 5.41) is 0. The summed E-state index contributed by atoms with van der Waals surface area (Å²) in [5.41, 5.74) is 2.64. The molecule has 6 rings (SSSR count). The lowest BCUT2D eigenvalue weighted by Crippen LogP contribution is -1.62. The molecule has 6 aromatic rings. The van der Waals surface area contributed by atoms with Crippen molar-refractivity contribution >= 4 is 0 Å². The quantitative estimate of drug-likeness (QED) is 0.196. The van der Waals surface area contributed by atoms with Crippen LogP contribution < -0.4 is 0 Å². The first-order valence-corrected chi connectivity index (χ1v) is 12.8. The van der Waals surface area contributed by atoms with Crippen LogP contribution in [0.2, 0.25) is 0 Å². The zero-order chi connectivity index (χ0) is 27.2. The molecular formula is C38H40. The largest absolute Gasteiger partial charge is 0.0623 e. The van der Waals surface area contributed by atoms with E-state index < -0.39 is 0 Å². The Kier molecular flexibility index (Phi) is 21.0. The monoisotopic (exact) mass is 496 g/mol. The van der Waals surface area contributed by atoms with Gasteiger partial charge in [-0.3, -0.25) is 0 Å². The highest BCUT2D eigenvalue weighted by molar-refractivity contribution is 5.12. The number of hydrogen-bond donors (Lipinski definition) is 0. The Bertz CT molecular complexity index is 903. The Morgan fingerprint density at radius 2 is 0.289 bits per heavy atom. The molecule has 0 heterocycles. The molecule has 0 amide bonds. The van der Waals surface area contributed by atoms with Gasteiger partial charge in [-0.1, -0.05) is 217 Å². The van der Waals surface area contributed by atoms with Crippen molar-refractivity contribution in [3.05, 3.63) is 217 Å². The zero-order valence-corrected chi connectivity index (χ0v) is 22.6. The van der Waals surface area contributed by atoms with E-state index in [0.717, 1.165) is 0 Å². The van der Waals surface area contributed by atoms with E-state index in [0.29, 0.717) is 0 Å². The maximum absolute atomic E-state index is 2.08. The fourth-order valence-corrected chi connectivity index (χ4v) is 2.61. The third-order valence-corrected chi connectivity index (χ3v) is 4.55. The van der Waals surface area contributed by atoms with Gasteiger partial charge >= 0.3 is 0 Å². The van der Waals surface area contributed by atoms with Crippen molar-refractivity contribution in [1.82, 2.24) is 0 Å². The molecule has 0 bridgehead atoms. The SMILES string of the molecule is Cc1ccccc1.Cc1ccccc1.c1ccccc1.c1ccccc1.c1ccccc1.c1ccccc1. The molecule has 0 N–H and O–H groups in total. The number of rotatable bonds is 0. The van der Waals surface area contributed by atoms with E-state index in [1.165, 1.54) is 11.1 Å². The molecule has 38 heavy (non-hydrogen) atoms. The summed E-state index contributed by atoms with van der Waals surface area (Å²) in [5.74, 6) is 0. The first-order valence-electron chi connectivity index (χ1n) is 12.8. The van der Waals surface area contributed by atoms with Crippen molar-refractivity contribution in [2.24, 2.45) is 0 Å². The van der Waals surface area contributed by atoms with Crippen molar-refractivity contribution in [3.8, 4) is 0 Å². The van der Waals surface area contributed by atoms with Crippen LogP contribution in [0.4, 0.5) is 0 Å². The predicted molar refractivity (Wildman–Crippen MR) is 168 cm³/mol. The highest BCUT2D eigenvalue weighted by atomic mass is 13.8. The van der Waals surface area contributed by atoms with Gasteiger partial charge in [-0.05, 0) is 13.8 Å². The average molecular weight is 497 g/mol. The van der Waals surface area contributed by atoms with Gasteiger partial charge in [0.25, 0.3) is 0 Å². The van der Waals surface area contributed by atoms with E-state index in [2.05, 4.69) is 38.1 Å². The molecule has 192 valence electrons. The smallest absolute Gasteiger partial charge is 0.0398 e. The predicted octanol–water partition coefficient (Wildman–Crippen LogP) is 10.7. The van der Waals surface area contributed by atoms with E-state index in [4.69, 9.17) is 0 Å². The van der Waals surface area contributed by atoms with E-state index in [1.807, 2.05) is 182 Å². The third kappa shape index (κ3) is 23.1. The molecule has 0 nitrogen and oxygen atoms in total. The lowest BCUT2D eigenvalue weighted by molar-refractivity contribution is 1.48. The maximum Gasteiger partial charge on any atom is -0.0398 e. The first kappa shape index (κ1) is 31.4. The van der Waals surface area contributed by atoms with Gasteiger partial charge in [-0.15, -0.1) is 0 Å². The van der Waals surface area contributed by atoms with Crippen LogP contribution in [0.25, 0.3) is 0 Å². The fraction of sp³-hybridized carbons (Fsp3) is 0.0526. The van der Waals surface area contributed by atoms with E-state index in [9.17, 15) is 0 Å². The number of hydrogen-bond acceptors (Lipinski definition) is 0. The van der Waals surface area contributed by atoms with Gasteiger partial charge in [0.1, 0.15) is 0 Å². The first-order chi connectivity index (χ1) is 18.8. The molecule has 0 saturated heterocycles. The second-order valence-corrected chi connectivity index (χ2v) is 7.93. The molecule has 0 atom stereocenters. The lowest BCUT2D eigenvalue weighted by atomic mass is 10.2. The molecule has 0 fully saturated rings. The molecule has 0 unspecified atom stereocenters. The summed E-state index contributed by atoms with van der Waals surface area (Å²) in [6.07, 6.45) is 0. The third-order valence-electron chi connectivity index (χ3n) is 4.55. The highest BCUT2D eigenvalue weighted by Gasteiger charge is 1.72. The molecule has 0 aliphatic carbocycles. The molecule has 0 aliphatic rings. The zero-order valence-electron chi connectivity index (χ0n) is 22.6. The normalized spacial score (nSPS) is 8.26. The summed E-state index contributed by atoms with van der Waals surface area (Å²) in [6.45, 7) is 4.17. The van der Waals surface area contributed by atoms with Crippen molar-refractivity contribution in [2.45, 2.75) is 13.8 Å². The van der Waals surface area contributed by atoms with Gasteiger partial charge in [-0.25, -0.2) is 0 Å². The Balaban J connectivity index is 0.000000228. The van der Waals surface area contributed by atoms with Crippen LogP contribution in [0.3, 0.4) is 0 Å². The second kappa shape index (κ2) is 25.4. The van der Waals surface area contributed by atoms with Gasteiger partial charge < -0.3 is 0 Å². The Morgan fingerprint density at radius 3 is 0.368 bits per heavy atom. The fourth-order valence-electron chi connectivity index (χ4n) is 2.61. The van der Waals surface area contributed by atoms with Gasteiger partial charge in [0.2, 0.25) is 0 Å². The molecule has 0 aromatic heterocycles. The van der Waals surface area contributed by atoms with E-state index in [-0.39, 0.29) is 0 Å². The Labute approximate surface area is 230 Å². The van der Waals surface area contributed by atoms with Crippen LogP contribution in [0, 0.1) is 13.8 Å². The van der Waals surface area contributed by atoms with Crippen LogP contribution in [-0.4, -0.2) is 0 Å². The minimum atomic E-state index is 1.32. The lowest BCUT2D eigenvalue weighted by Gasteiger charge is -1.82. The number of aryl methyl sites for hydroxylation is 2. The van der Waals surface area contributed by atoms with Crippen LogP contribution in [-0.2, 0) is 0 Å². The van der Waals surface area contributed by atoms with Crippen LogP contribution >= 0.6 is 0 Å². The van der Waals surface area contributed by atoms with Crippen molar-refractivity contribution in [2.75, 3.05) is 0 Å². The van der Waals surface area contributed by atoms with Crippen molar-refractivity contribution < 1.29 is 0 Å². The summed E-state index contributed by atoms with van der Waals surface area (Å²) >= 11 is 0.